The molecule has 4 heteroatoms. The predicted octanol–water partition coefficient (Wildman–Crippen LogP) is 2.35. The molecule has 0 aliphatic heterocycles. The average molecular weight is 224 g/mol. The molecule has 0 fully saturated rings. The smallest absolute Gasteiger partial charge is 0.145 e. The molecule has 0 saturated carbocycles. The van der Waals surface area contributed by atoms with Crippen molar-refractivity contribution in [2.24, 2.45) is 4.40 Å². The molecule has 1 atom stereocenters. The Morgan fingerprint density at radius 3 is 2.60 bits per heavy atom. The molecular formula is C11H16N2OS. The summed E-state index contributed by atoms with van der Waals surface area (Å²) in [5.74, 6) is 0. The first kappa shape index (κ1) is 12.0. The Morgan fingerprint density at radius 2 is 2.13 bits per heavy atom. The summed E-state index contributed by atoms with van der Waals surface area (Å²) in [6.45, 7) is 7.57. The van der Waals surface area contributed by atoms with E-state index in [9.17, 15) is 4.21 Å². The van der Waals surface area contributed by atoms with Gasteiger partial charge in [0.15, 0.2) is 0 Å². The van der Waals surface area contributed by atoms with Crippen LogP contribution >= 0.6 is 0 Å². The monoisotopic (exact) mass is 224 g/mol. The number of pyridine rings is 1. The predicted molar refractivity (Wildman–Crippen MR) is 64.3 cm³/mol. The van der Waals surface area contributed by atoms with Crippen LogP contribution < -0.4 is 0 Å². The Balaban J connectivity index is 2.91. The second-order valence-corrected chi connectivity index (χ2v) is 6.19. The van der Waals surface area contributed by atoms with Gasteiger partial charge in [0.05, 0.1) is 10.5 Å². The molecular weight excluding hydrogens is 208 g/mol. The van der Waals surface area contributed by atoms with Gasteiger partial charge in [0.2, 0.25) is 0 Å². The van der Waals surface area contributed by atoms with Gasteiger partial charge in [-0.05, 0) is 33.8 Å². The number of hydrogen-bond donors (Lipinski definition) is 0. The highest BCUT2D eigenvalue weighted by molar-refractivity contribution is 7.85. The van der Waals surface area contributed by atoms with E-state index in [1.54, 1.807) is 12.4 Å². The average Bonchev–Trinajstić information content (AvgIpc) is 2.17. The minimum Gasteiger partial charge on any atom is -0.264 e. The molecule has 0 aliphatic rings. The largest absolute Gasteiger partial charge is 0.264 e. The number of aromatic nitrogens is 1. The second kappa shape index (κ2) is 4.66. The van der Waals surface area contributed by atoms with Crippen LogP contribution in [0.15, 0.2) is 28.9 Å². The maximum absolute atomic E-state index is 11.8. The van der Waals surface area contributed by atoms with E-state index in [1.807, 2.05) is 39.8 Å². The summed E-state index contributed by atoms with van der Waals surface area (Å²) in [7, 11) is -1.21. The van der Waals surface area contributed by atoms with Crippen molar-refractivity contribution in [1.29, 1.82) is 0 Å². The molecule has 1 aromatic rings. The van der Waals surface area contributed by atoms with E-state index in [-0.39, 0.29) is 4.75 Å². The summed E-state index contributed by atoms with van der Waals surface area (Å²) in [5.41, 5.74) is 1.67. The molecule has 0 bridgehead atoms. The van der Waals surface area contributed by atoms with E-state index in [4.69, 9.17) is 0 Å². The van der Waals surface area contributed by atoms with Gasteiger partial charge in [-0.25, -0.2) is 4.21 Å². The van der Waals surface area contributed by atoms with Crippen LogP contribution in [0.1, 0.15) is 33.3 Å². The maximum Gasteiger partial charge on any atom is 0.145 e. The highest BCUT2D eigenvalue weighted by atomic mass is 32.2. The minimum absolute atomic E-state index is 0.316. The Labute approximate surface area is 93.2 Å². The van der Waals surface area contributed by atoms with Crippen LogP contribution in [0.3, 0.4) is 0 Å². The Hall–Kier alpha value is -1.03. The molecule has 1 unspecified atom stereocenters. The summed E-state index contributed by atoms with van der Waals surface area (Å²) in [5, 5.41) is 0. The fourth-order valence-corrected chi connectivity index (χ4v) is 1.52. The van der Waals surface area contributed by atoms with Crippen LogP contribution in [0, 0.1) is 0 Å². The van der Waals surface area contributed by atoms with Crippen LogP contribution in [-0.2, 0) is 11.0 Å². The maximum atomic E-state index is 11.8. The number of rotatable bonds is 2. The van der Waals surface area contributed by atoms with Crippen molar-refractivity contribution in [2.45, 2.75) is 32.4 Å². The molecule has 0 saturated heterocycles. The van der Waals surface area contributed by atoms with Crippen molar-refractivity contribution in [2.75, 3.05) is 0 Å². The zero-order chi connectivity index (χ0) is 11.5. The quantitative estimate of drug-likeness (QED) is 0.724. The molecule has 1 aromatic heterocycles. The van der Waals surface area contributed by atoms with Crippen LogP contribution in [0.25, 0.3) is 0 Å². The van der Waals surface area contributed by atoms with E-state index < -0.39 is 11.0 Å². The molecule has 1 heterocycles. The Kier molecular flexibility index (Phi) is 3.74. The van der Waals surface area contributed by atoms with Crippen molar-refractivity contribution in [3.8, 4) is 0 Å². The van der Waals surface area contributed by atoms with Crippen molar-refractivity contribution in [3.05, 3.63) is 30.1 Å². The van der Waals surface area contributed by atoms with Gasteiger partial charge in [-0.1, -0.05) is 6.07 Å². The zero-order valence-corrected chi connectivity index (χ0v) is 10.3. The molecule has 15 heavy (non-hydrogen) atoms. The van der Waals surface area contributed by atoms with Crippen LogP contribution in [0.4, 0.5) is 0 Å². The first-order valence-corrected chi connectivity index (χ1v) is 5.89. The lowest BCUT2D eigenvalue weighted by atomic mass is 10.2. The highest BCUT2D eigenvalue weighted by Crippen LogP contribution is 2.13. The third-order valence-electron chi connectivity index (χ3n) is 1.82. The number of hydrogen-bond acceptors (Lipinski definition) is 2. The molecule has 0 aromatic carbocycles. The molecule has 0 N–H and O–H groups in total. The molecule has 0 aliphatic carbocycles. The van der Waals surface area contributed by atoms with Crippen LogP contribution in [0.2, 0.25) is 0 Å². The summed E-state index contributed by atoms with van der Waals surface area (Å²) in [4.78, 5) is 4.00. The SMILES string of the molecule is CC(=NS(=O)C(C)(C)C)c1cccnc1. The fourth-order valence-electron chi connectivity index (χ4n) is 0.891. The lowest BCUT2D eigenvalue weighted by molar-refractivity contribution is 0.650. The van der Waals surface area contributed by atoms with Crippen molar-refractivity contribution in [1.82, 2.24) is 4.98 Å². The topological polar surface area (TPSA) is 42.3 Å². The van der Waals surface area contributed by atoms with Crippen LogP contribution in [-0.4, -0.2) is 19.7 Å². The third kappa shape index (κ3) is 3.55. The lowest BCUT2D eigenvalue weighted by Crippen LogP contribution is -2.20. The highest BCUT2D eigenvalue weighted by Gasteiger charge is 2.19. The summed E-state index contributed by atoms with van der Waals surface area (Å²) < 4.78 is 15.6. The Bertz CT molecular complexity index is 379. The fraction of sp³-hybridized carbons (Fsp3) is 0.455. The van der Waals surface area contributed by atoms with Crippen molar-refractivity contribution < 1.29 is 4.21 Å². The molecule has 0 amide bonds. The van der Waals surface area contributed by atoms with Gasteiger partial charge in [0.1, 0.15) is 11.0 Å². The normalized spacial score (nSPS) is 15.1. The standard InChI is InChI=1S/C11H16N2OS/c1-9(10-6-5-7-12-8-10)13-15(14)11(2,3)4/h5-8H,1-4H3. The summed E-state index contributed by atoms with van der Waals surface area (Å²) in [6.07, 6.45) is 3.43. The molecule has 0 radical (unpaired) electrons. The minimum atomic E-state index is -1.21. The van der Waals surface area contributed by atoms with Crippen molar-refractivity contribution in [3.63, 3.8) is 0 Å². The molecule has 82 valence electrons. The number of nitrogens with zero attached hydrogens (tertiary/aromatic N) is 2. The molecule has 0 spiro atoms. The lowest BCUT2D eigenvalue weighted by Gasteiger charge is -2.13. The van der Waals surface area contributed by atoms with Gasteiger partial charge < -0.3 is 0 Å². The van der Waals surface area contributed by atoms with Gasteiger partial charge in [0.25, 0.3) is 0 Å². The van der Waals surface area contributed by atoms with E-state index in [2.05, 4.69) is 9.38 Å². The van der Waals surface area contributed by atoms with Gasteiger partial charge in [0, 0.05) is 18.0 Å². The van der Waals surface area contributed by atoms with Gasteiger partial charge in [-0.2, -0.15) is 4.40 Å². The van der Waals surface area contributed by atoms with E-state index in [0.717, 1.165) is 11.3 Å². The van der Waals surface area contributed by atoms with Gasteiger partial charge in [-0.3, -0.25) is 4.98 Å². The zero-order valence-electron chi connectivity index (χ0n) is 9.52. The second-order valence-electron chi connectivity index (χ2n) is 4.28. The third-order valence-corrected chi connectivity index (χ3v) is 3.31. The first-order chi connectivity index (χ1) is 6.91. The first-order valence-electron chi connectivity index (χ1n) is 4.79. The summed E-state index contributed by atoms with van der Waals surface area (Å²) in [6, 6.07) is 3.75. The van der Waals surface area contributed by atoms with Crippen molar-refractivity contribution >= 4 is 16.7 Å². The van der Waals surface area contributed by atoms with Crippen LogP contribution in [0.5, 0.6) is 0 Å². The van der Waals surface area contributed by atoms with E-state index in [1.165, 1.54) is 0 Å². The van der Waals surface area contributed by atoms with Gasteiger partial charge in [-0.15, -0.1) is 0 Å². The summed E-state index contributed by atoms with van der Waals surface area (Å²) >= 11 is 0. The van der Waals surface area contributed by atoms with E-state index in [0.29, 0.717) is 0 Å². The molecule has 1 rings (SSSR count). The van der Waals surface area contributed by atoms with E-state index >= 15 is 0 Å². The molecule has 3 nitrogen and oxygen atoms in total. The Morgan fingerprint density at radius 1 is 1.47 bits per heavy atom. The van der Waals surface area contributed by atoms with Gasteiger partial charge >= 0.3 is 0 Å².